The van der Waals surface area contributed by atoms with Crippen molar-refractivity contribution in [2.24, 2.45) is 0 Å². The predicted molar refractivity (Wildman–Crippen MR) is 155 cm³/mol. The summed E-state index contributed by atoms with van der Waals surface area (Å²) in [5.41, 5.74) is 1.74. The number of hydrogen-bond donors (Lipinski definition) is 2. The molecular formula is C30H37N9O3. The molecule has 1 aliphatic rings. The Morgan fingerprint density at radius 3 is 2.02 bits per heavy atom. The van der Waals surface area contributed by atoms with E-state index in [1.807, 2.05) is 31.2 Å². The molecule has 0 radical (unpaired) electrons. The minimum absolute atomic E-state index is 0.0776. The van der Waals surface area contributed by atoms with E-state index >= 15 is 0 Å². The molecule has 0 aliphatic carbocycles. The predicted octanol–water partition coefficient (Wildman–Crippen LogP) is 1.82. The Morgan fingerprint density at radius 2 is 1.57 bits per heavy atom. The standard InChI is InChI=1S/C30H37N9O3/c1-20(32-19-26(40)39-16-6-7-25(39)18-31)17-30(29-33-35-36-34-29,23-12-8-21(9-13-23)27(41)37(2)3)24-14-10-22(11-15-24)28(42)38(4)5/h8-15,20,25,32H,6-7,16-17,19H2,1-5H3,(H,33,34,35,36)/t20-,25?/m0/s1. The number of nitrogens with one attached hydrogen (secondary N) is 2. The van der Waals surface area contributed by atoms with Crippen LogP contribution < -0.4 is 5.32 Å². The number of carbonyl (C=O) groups excluding carboxylic acids is 3. The zero-order valence-electron chi connectivity index (χ0n) is 24.7. The van der Waals surface area contributed by atoms with Gasteiger partial charge in [-0.1, -0.05) is 29.5 Å². The molecule has 0 saturated carbocycles. The van der Waals surface area contributed by atoms with Crippen LogP contribution in [0.2, 0.25) is 0 Å². The quantitative estimate of drug-likeness (QED) is 0.374. The number of benzene rings is 2. The van der Waals surface area contributed by atoms with Gasteiger partial charge in [-0.3, -0.25) is 14.4 Å². The number of nitriles is 1. The van der Waals surface area contributed by atoms with Crippen LogP contribution in [0.15, 0.2) is 48.5 Å². The summed E-state index contributed by atoms with van der Waals surface area (Å²) in [4.78, 5) is 42.9. The third-order valence-electron chi connectivity index (χ3n) is 7.73. The highest BCUT2D eigenvalue weighted by molar-refractivity contribution is 5.94. The van der Waals surface area contributed by atoms with Crippen molar-refractivity contribution in [2.45, 2.75) is 43.7 Å². The molecule has 2 aromatic carbocycles. The van der Waals surface area contributed by atoms with Gasteiger partial charge in [0, 0.05) is 51.9 Å². The van der Waals surface area contributed by atoms with Crippen LogP contribution in [0.4, 0.5) is 0 Å². The molecule has 3 amide bonds. The summed E-state index contributed by atoms with van der Waals surface area (Å²) in [6, 6.07) is 16.2. The highest BCUT2D eigenvalue weighted by Gasteiger charge is 2.42. The number of rotatable bonds is 10. The summed E-state index contributed by atoms with van der Waals surface area (Å²) in [6.45, 7) is 2.63. The fraction of sp³-hybridized carbons (Fsp3) is 0.433. The van der Waals surface area contributed by atoms with Gasteiger partial charge in [-0.2, -0.15) is 10.5 Å². The molecule has 0 spiro atoms. The molecule has 42 heavy (non-hydrogen) atoms. The normalized spacial score (nSPS) is 15.6. The van der Waals surface area contributed by atoms with Crippen molar-refractivity contribution in [3.63, 3.8) is 0 Å². The second kappa shape index (κ2) is 12.9. The highest BCUT2D eigenvalue weighted by atomic mass is 16.2. The maximum Gasteiger partial charge on any atom is 0.253 e. The molecule has 1 aliphatic heterocycles. The first-order chi connectivity index (χ1) is 20.1. The van der Waals surface area contributed by atoms with Gasteiger partial charge in [0.25, 0.3) is 11.8 Å². The lowest BCUT2D eigenvalue weighted by atomic mass is 9.69. The van der Waals surface area contributed by atoms with E-state index < -0.39 is 5.41 Å². The molecule has 4 rings (SSSR count). The Labute approximate surface area is 245 Å². The van der Waals surface area contributed by atoms with Crippen molar-refractivity contribution in [3.05, 3.63) is 76.6 Å². The van der Waals surface area contributed by atoms with Gasteiger partial charge in [-0.15, -0.1) is 10.2 Å². The summed E-state index contributed by atoms with van der Waals surface area (Å²) in [6.07, 6.45) is 1.93. The third-order valence-corrected chi connectivity index (χ3v) is 7.73. The SMILES string of the molecule is C[C@@H](CC(c1ccc(C(=O)N(C)C)cc1)(c1ccc(C(=O)N(C)C)cc1)c1nn[nH]n1)NCC(=O)N1CCCC1C#N. The average Bonchev–Trinajstić information content (AvgIpc) is 3.71. The number of tetrazole rings is 1. The summed E-state index contributed by atoms with van der Waals surface area (Å²) in [5.74, 6) is 0.0490. The van der Waals surface area contributed by atoms with Crippen molar-refractivity contribution < 1.29 is 14.4 Å². The van der Waals surface area contributed by atoms with Crippen LogP contribution >= 0.6 is 0 Å². The molecule has 2 atom stereocenters. The fourth-order valence-corrected chi connectivity index (χ4v) is 5.50. The monoisotopic (exact) mass is 571 g/mol. The maximum absolute atomic E-state index is 13.0. The van der Waals surface area contributed by atoms with Crippen LogP contribution in [-0.4, -0.2) is 106 Å². The average molecular weight is 572 g/mol. The van der Waals surface area contributed by atoms with Crippen LogP contribution in [-0.2, 0) is 10.2 Å². The Hall–Kier alpha value is -4.63. The molecule has 12 nitrogen and oxygen atoms in total. The van der Waals surface area contributed by atoms with E-state index in [0.717, 1.165) is 17.5 Å². The summed E-state index contributed by atoms with van der Waals surface area (Å²) in [5, 5.41) is 28.0. The van der Waals surface area contributed by atoms with E-state index in [0.29, 0.717) is 36.3 Å². The first-order valence-electron chi connectivity index (χ1n) is 13.9. The van der Waals surface area contributed by atoms with Crippen LogP contribution in [0.5, 0.6) is 0 Å². The number of aromatic nitrogens is 4. The molecule has 220 valence electrons. The number of nitrogens with zero attached hydrogens (tertiary/aromatic N) is 7. The van der Waals surface area contributed by atoms with Gasteiger partial charge < -0.3 is 20.0 Å². The summed E-state index contributed by atoms with van der Waals surface area (Å²) < 4.78 is 0. The zero-order valence-corrected chi connectivity index (χ0v) is 24.7. The lowest BCUT2D eigenvalue weighted by Gasteiger charge is -2.35. The Balaban J connectivity index is 1.73. The van der Waals surface area contributed by atoms with Crippen molar-refractivity contribution in [3.8, 4) is 6.07 Å². The molecule has 12 heteroatoms. The number of amides is 3. The molecule has 1 saturated heterocycles. The van der Waals surface area contributed by atoms with E-state index in [2.05, 4.69) is 32.0 Å². The van der Waals surface area contributed by atoms with Gasteiger partial charge in [0.1, 0.15) is 6.04 Å². The lowest BCUT2D eigenvalue weighted by Crippen LogP contribution is -2.45. The van der Waals surface area contributed by atoms with Crippen molar-refractivity contribution in [1.29, 1.82) is 5.26 Å². The lowest BCUT2D eigenvalue weighted by molar-refractivity contribution is -0.130. The van der Waals surface area contributed by atoms with Crippen LogP contribution in [0, 0.1) is 11.3 Å². The van der Waals surface area contributed by atoms with Crippen molar-refractivity contribution in [1.82, 2.24) is 40.6 Å². The molecule has 1 aromatic heterocycles. The second-order valence-corrected chi connectivity index (χ2v) is 11.1. The number of hydrogen-bond acceptors (Lipinski definition) is 8. The smallest absolute Gasteiger partial charge is 0.253 e. The minimum atomic E-state index is -0.954. The van der Waals surface area contributed by atoms with Crippen LogP contribution in [0.1, 0.15) is 63.9 Å². The molecule has 1 unspecified atom stereocenters. The number of aromatic amines is 1. The van der Waals surface area contributed by atoms with Gasteiger partial charge in [0.05, 0.1) is 18.0 Å². The first kappa shape index (κ1) is 30.3. The van der Waals surface area contributed by atoms with Gasteiger partial charge in [0.2, 0.25) is 5.91 Å². The number of likely N-dealkylation sites (tertiary alicyclic amines) is 1. The van der Waals surface area contributed by atoms with E-state index in [1.165, 1.54) is 9.80 Å². The highest BCUT2D eigenvalue weighted by Crippen LogP contribution is 2.41. The Kier molecular flexibility index (Phi) is 9.32. The summed E-state index contributed by atoms with van der Waals surface area (Å²) >= 11 is 0. The maximum atomic E-state index is 13.0. The number of H-pyrrole nitrogens is 1. The molecule has 2 N–H and O–H groups in total. The van der Waals surface area contributed by atoms with Crippen LogP contribution in [0.3, 0.4) is 0 Å². The summed E-state index contributed by atoms with van der Waals surface area (Å²) in [7, 11) is 6.80. The Morgan fingerprint density at radius 1 is 1.02 bits per heavy atom. The third kappa shape index (κ3) is 6.16. The topological polar surface area (TPSA) is 151 Å². The largest absolute Gasteiger partial charge is 0.345 e. The van der Waals surface area contributed by atoms with Gasteiger partial charge in [-0.05, 0) is 61.6 Å². The van der Waals surface area contributed by atoms with Crippen molar-refractivity contribution in [2.75, 3.05) is 41.3 Å². The van der Waals surface area contributed by atoms with Crippen LogP contribution in [0.25, 0.3) is 0 Å². The van der Waals surface area contributed by atoms with E-state index in [9.17, 15) is 19.6 Å². The van der Waals surface area contributed by atoms with Crippen molar-refractivity contribution >= 4 is 17.7 Å². The van der Waals surface area contributed by atoms with E-state index in [4.69, 9.17) is 0 Å². The second-order valence-electron chi connectivity index (χ2n) is 11.1. The Bertz CT molecular complexity index is 1360. The molecule has 2 heterocycles. The van der Waals surface area contributed by atoms with E-state index in [-0.39, 0.29) is 36.3 Å². The van der Waals surface area contributed by atoms with Gasteiger partial charge >= 0.3 is 0 Å². The molecular weight excluding hydrogens is 534 g/mol. The van der Waals surface area contributed by atoms with Gasteiger partial charge in [-0.25, -0.2) is 0 Å². The van der Waals surface area contributed by atoms with Gasteiger partial charge in [0.15, 0.2) is 5.82 Å². The van der Waals surface area contributed by atoms with E-state index in [1.54, 1.807) is 57.4 Å². The zero-order chi connectivity index (χ0) is 30.4. The minimum Gasteiger partial charge on any atom is -0.345 e. The fourth-order valence-electron chi connectivity index (χ4n) is 5.50. The first-order valence-corrected chi connectivity index (χ1v) is 13.9. The molecule has 1 fully saturated rings. The number of carbonyl (C=O) groups is 3. The molecule has 3 aromatic rings. The molecule has 0 bridgehead atoms.